The number of amides is 1. The van der Waals surface area contributed by atoms with E-state index >= 15 is 0 Å². The molecule has 0 aliphatic heterocycles. The van der Waals surface area contributed by atoms with Crippen LogP contribution in [0.4, 0.5) is 0 Å². The first-order chi connectivity index (χ1) is 9.38. The van der Waals surface area contributed by atoms with Gasteiger partial charge in [-0.25, -0.2) is 0 Å². The van der Waals surface area contributed by atoms with Crippen molar-refractivity contribution < 1.29 is 14.7 Å². The molecular weight excluding hydrogens is 256 g/mol. The second-order valence-corrected chi connectivity index (χ2v) is 6.46. The minimum atomic E-state index is -0.801. The molecule has 2 unspecified atom stereocenters. The van der Waals surface area contributed by atoms with Crippen molar-refractivity contribution in [1.82, 2.24) is 5.32 Å². The molecule has 1 rings (SSSR count). The van der Waals surface area contributed by atoms with Crippen LogP contribution in [0.15, 0.2) is 0 Å². The van der Waals surface area contributed by atoms with E-state index in [9.17, 15) is 9.59 Å². The van der Waals surface area contributed by atoms with Crippen LogP contribution in [0.3, 0.4) is 0 Å². The summed E-state index contributed by atoms with van der Waals surface area (Å²) in [6.45, 7) is 4.59. The van der Waals surface area contributed by atoms with Crippen LogP contribution < -0.4 is 11.1 Å². The van der Waals surface area contributed by atoms with E-state index in [-0.39, 0.29) is 30.2 Å². The maximum atomic E-state index is 12.1. The number of nitrogens with two attached hydrogens (primary N) is 1. The van der Waals surface area contributed by atoms with Gasteiger partial charge >= 0.3 is 5.97 Å². The number of rotatable bonds is 7. The van der Waals surface area contributed by atoms with Gasteiger partial charge in [0, 0.05) is 24.9 Å². The van der Waals surface area contributed by atoms with Crippen molar-refractivity contribution in [2.45, 2.75) is 58.4 Å². The zero-order chi connectivity index (χ0) is 15.1. The molecule has 1 aliphatic carbocycles. The molecule has 20 heavy (non-hydrogen) atoms. The molecular formula is C15H28N2O3. The van der Waals surface area contributed by atoms with Gasteiger partial charge in [0.05, 0.1) is 0 Å². The second kappa shape index (κ2) is 8.25. The second-order valence-electron chi connectivity index (χ2n) is 6.46. The number of aliphatic carboxylic acids is 1. The Hall–Kier alpha value is -1.10. The highest BCUT2D eigenvalue weighted by atomic mass is 16.4. The van der Waals surface area contributed by atoms with Crippen molar-refractivity contribution in [3.63, 3.8) is 0 Å². The zero-order valence-corrected chi connectivity index (χ0v) is 12.6. The van der Waals surface area contributed by atoms with Crippen molar-refractivity contribution >= 4 is 11.9 Å². The molecule has 0 radical (unpaired) electrons. The minimum absolute atomic E-state index is 0.00304. The molecule has 0 aromatic heterocycles. The summed E-state index contributed by atoms with van der Waals surface area (Å²) in [5.74, 6) is -0.319. The third-order valence-electron chi connectivity index (χ3n) is 3.92. The van der Waals surface area contributed by atoms with Crippen LogP contribution in [0, 0.1) is 17.8 Å². The molecule has 0 saturated heterocycles. The SMILES string of the molecule is CC(C)C[C@H](CNC(=O)C1CCCC(N)C1)CC(=O)O. The highest BCUT2D eigenvalue weighted by Gasteiger charge is 2.26. The Morgan fingerprint density at radius 3 is 2.60 bits per heavy atom. The van der Waals surface area contributed by atoms with Crippen LogP contribution in [0.25, 0.3) is 0 Å². The quantitative estimate of drug-likeness (QED) is 0.664. The molecule has 1 fully saturated rings. The van der Waals surface area contributed by atoms with E-state index in [1.165, 1.54) is 0 Å². The maximum Gasteiger partial charge on any atom is 0.303 e. The monoisotopic (exact) mass is 284 g/mol. The van der Waals surface area contributed by atoms with Crippen LogP contribution in [-0.2, 0) is 9.59 Å². The number of hydrogen-bond acceptors (Lipinski definition) is 3. The normalized spacial score (nSPS) is 24.4. The molecule has 116 valence electrons. The van der Waals surface area contributed by atoms with Gasteiger partial charge in [0.2, 0.25) is 5.91 Å². The average Bonchev–Trinajstić information content (AvgIpc) is 2.34. The Kier molecular flexibility index (Phi) is 6.99. The highest BCUT2D eigenvalue weighted by Crippen LogP contribution is 2.23. The molecule has 5 heteroatoms. The largest absolute Gasteiger partial charge is 0.481 e. The fourth-order valence-electron chi connectivity index (χ4n) is 3.01. The minimum Gasteiger partial charge on any atom is -0.481 e. The molecule has 1 saturated carbocycles. The lowest BCUT2D eigenvalue weighted by molar-refractivity contribution is -0.138. The molecule has 5 nitrogen and oxygen atoms in total. The lowest BCUT2D eigenvalue weighted by Gasteiger charge is -2.26. The van der Waals surface area contributed by atoms with E-state index in [1.807, 2.05) is 0 Å². The van der Waals surface area contributed by atoms with E-state index in [2.05, 4.69) is 19.2 Å². The maximum absolute atomic E-state index is 12.1. The third kappa shape index (κ3) is 6.37. The number of hydrogen-bond donors (Lipinski definition) is 3. The first kappa shape index (κ1) is 17.0. The van der Waals surface area contributed by atoms with Gasteiger partial charge in [-0.2, -0.15) is 0 Å². The van der Waals surface area contributed by atoms with Gasteiger partial charge in [-0.15, -0.1) is 0 Å². The summed E-state index contributed by atoms with van der Waals surface area (Å²) in [7, 11) is 0. The van der Waals surface area contributed by atoms with Crippen LogP contribution in [0.1, 0.15) is 52.4 Å². The van der Waals surface area contributed by atoms with Gasteiger partial charge in [-0.3, -0.25) is 9.59 Å². The number of carboxylic acid groups (broad SMARTS) is 1. The average molecular weight is 284 g/mol. The van der Waals surface area contributed by atoms with Gasteiger partial charge in [-0.1, -0.05) is 20.3 Å². The third-order valence-corrected chi connectivity index (χ3v) is 3.92. The molecule has 0 spiro atoms. The van der Waals surface area contributed by atoms with Gasteiger partial charge < -0.3 is 16.2 Å². The summed E-state index contributed by atoms with van der Waals surface area (Å²) < 4.78 is 0. The van der Waals surface area contributed by atoms with Gasteiger partial charge in [0.25, 0.3) is 0 Å². The Bertz CT molecular complexity index is 331. The Morgan fingerprint density at radius 1 is 1.35 bits per heavy atom. The first-order valence-electron chi connectivity index (χ1n) is 7.63. The standard InChI is InChI=1S/C15H28N2O3/c1-10(2)6-11(7-14(18)19)9-17-15(20)12-4-3-5-13(16)8-12/h10-13H,3-9,16H2,1-2H3,(H,17,20)(H,18,19)/t11-,12?,13?/m0/s1. The van der Waals surface area contributed by atoms with Crippen LogP contribution in [0.5, 0.6) is 0 Å². The number of carboxylic acids is 1. The van der Waals surface area contributed by atoms with Crippen LogP contribution >= 0.6 is 0 Å². The van der Waals surface area contributed by atoms with Crippen molar-refractivity contribution in [2.24, 2.45) is 23.5 Å². The summed E-state index contributed by atoms with van der Waals surface area (Å²) in [5, 5.41) is 11.8. The number of nitrogens with one attached hydrogen (secondary N) is 1. The van der Waals surface area contributed by atoms with Crippen molar-refractivity contribution in [3.8, 4) is 0 Å². The molecule has 0 heterocycles. The molecule has 0 aromatic carbocycles. The van der Waals surface area contributed by atoms with Crippen molar-refractivity contribution in [1.29, 1.82) is 0 Å². The number of carbonyl (C=O) groups is 2. The topological polar surface area (TPSA) is 92.4 Å². The Morgan fingerprint density at radius 2 is 2.05 bits per heavy atom. The highest BCUT2D eigenvalue weighted by molar-refractivity contribution is 5.78. The van der Waals surface area contributed by atoms with Gasteiger partial charge in [0.15, 0.2) is 0 Å². The van der Waals surface area contributed by atoms with E-state index in [0.29, 0.717) is 12.5 Å². The summed E-state index contributed by atoms with van der Waals surface area (Å²) >= 11 is 0. The summed E-state index contributed by atoms with van der Waals surface area (Å²) in [4.78, 5) is 23.0. The van der Waals surface area contributed by atoms with Crippen LogP contribution in [0.2, 0.25) is 0 Å². The summed E-state index contributed by atoms with van der Waals surface area (Å²) in [6.07, 6.45) is 4.58. The predicted octanol–water partition coefficient (Wildman–Crippen LogP) is 1.76. The molecule has 4 N–H and O–H groups in total. The molecule has 3 atom stereocenters. The lowest BCUT2D eigenvalue weighted by atomic mass is 9.85. The van der Waals surface area contributed by atoms with E-state index in [1.54, 1.807) is 0 Å². The molecule has 1 aliphatic rings. The predicted molar refractivity (Wildman–Crippen MR) is 78.1 cm³/mol. The Labute approximate surface area is 121 Å². The van der Waals surface area contributed by atoms with E-state index in [4.69, 9.17) is 10.8 Å². The fraction of sp³-hybridized carbons (Fsp3) is 0.867. The molecule has 0 aromatic rings. The summed E-state index contributed by atoms with van der Waals surface area (Å²) in [6, 6.07) is 0.130. The molecule has 1 amide bonds. The number of carbonyl (C=O) groups excluding carboxylic acids is 1. The fourth-order valence-corrected chi connectivity index (χ4v) is 3.01. The van der Waals surface area contributed by atoms with Crippen LogP contribution in [-0.4, -0.2) is 29.6 Å². The zero-order valence-electron chi connectivity index (χ0n) is 12.6. The van der Waals surface area contributed by atoms with Crippen molar-refractivity contribution in [3.05, 3.63) is 0 Å². The van der Waals surface area contributed by atoms with E-state index < -0.39 is 5.97 Å². The lowest BCUT2D eigenvalue weighted by Crippen LogP contribution is -2.40. The van der Waals surface area contributed by atoms with Crippen molar-refractivity contribution in [2.75, 3.05) is 6.54 Å². The van der Waals surface area contributed by atoms with Gasteiger partial charge in [-0.05, 0) is 37.5 Å². The Balaban J connectivity index is 2.40. The summed E-state index contributed by atoms with van der Waals surface area (Å²) in [5.41, 5.74) is 5.89. The smallest absolute Gasteiger partial charge is 0.303 e. The molecule has 0 bridgehead atoms. The van der Waals surface area contributed by atoms with Gasteiger partial charge in [0.1, 0.15) is 0 Å². The van der Waals surface area contributed by atoms with E-state index in [0.717, 1.165) is 32.1 Å². The first-order valence-corrected chi connectivity index (χ1v) is 7.63.